The molecule has 3 aromatic heterocycles. The van der Waals surface area contributed by atoms with Gasteiger partial charge in [0.2, 0.25) is 11.8 Å². The van der Waals surface area contributed by atoms with Gasteiger partial charge in [0.25, 0.3) is 0 Å². The van der Waals surface area contributed by atoms with E-state index in [1.54, 1.807) is 13.3 Å². The number of ether oxygens (including phenoxy) is 2. The summed E-state index contributed by atoms with van der Waals surface area (Å²) in [5, 5.41) is 21.4. The molecule has 0 unspecified atom stereocenters. The largest absolute Gasteiger partial charge is 0.473 e. The first-order valence-corrected chi connectivity index (χ1v) is 11.8. The van der Waals surface area contributed by atoms with Gasteiger partial charge in [0, 0.05) is 49.6 Å². The van der Waals surface area contributed by atoms with Crippen LogP contribution >= 0.6 is 0 Å². The zero-order valence-corrected chi connectivity index (χ0v) is 19.0. The van der Waals surface area contributed by atoms with Crippen LogP contribution in [-0.2, 0) is 4.74 Å². The van der Waals surface area contributed by atoms with Crippen LogP contribution in [0.3, 0.4) is 0 Å². The number of hydrogen-bond donors (Lipinski definition) is 3. The molecule has 3 aromatic rings. The summed E-state index contributed by atoms with van der Waals surface area (Å²) in [5.74, 6) is 1.56. The van der Waals surface area contributed by atoms with E-state index < -0.39 is 0 Å². The first-order chi connectivity index (χ1) is 16.2. The fourth-order valence-corrected chi connectivity index (χ4v) is 4.80. The predicted molar refractivity (Wildman–Crippen MR) is 126 cm³/mol. The van der Waals surface area contributed by atoms with Crippen LogP contribution in [0.25, 0.3) is 16.6 Å². The zero-order chi connectivity index (χ0) is 22.6. The van der Waals surface area contributed by atoms with Gasteiger partial charge in [-0.2, -0.15) is 0 Å². The summed E-state index contributed by atoms with van der Waals surface area (Å²) >= 11 is 0. The van der Waals surface area contributed by atoms with Crippen molar-refractivity contribution in [2.75, 3.05) is 38.7 Å². The van der Waals surface area contributed by atoms with Crippen molar-refractivity contribution in [1.82, 2.24) is 24.9 Å². The molecule has 1 saturated carbocycles. The van der Waals surface area contributed by atoms with Gasteiger partial charge in [0.1, 0.15) is 6.10 Å². The third-order valence-corrected chi connectivity index (χ3v) is 6.60. The minimum atomic E-state index is -0.196. The van der Waals surface area contributed by atoms with E-state index in [0.717, 1.165) is 67.5 Å². The molecule has 0 spiro atoms. The third-order valence-electron chi connectivity index (χ3n) is 6.60. The zero-order valence-electron chi connectivity index (χ0n) is 19.0. The molecule has 1 saturated heterocycles. The van der Waals surface area contributed by atoms with Gasteiger partial charge < -0.3 is 25.2 Å². The van der Waals surface area contributed by atoms with Crippen LogP contribution in [0.15, 0.2) is 30.6 Å². The average molecular weight is 453 g/mol. The van der Waals surface area contributed by atoms with E-state index in [1.807, 2.05) is 22.8 Å². The molecule has 2 fully saturated rings. The lowest BCUT2D eigenvalue weighted by atomic mass is 9.85. The molecule has 0 radical (unpaired) electrons. The summed E-state index contributed by atoms with van der Waals surface area (Å²) in [4.78, 5) is 8.98. The Bertz CT molecular complexity index is 1070. The van der Waals surface area contributed by atoms with Gasteiger partial charge in [-0.1, -0.05) is 0 Å². The van der Waals surface area contributed by atoms with Crippen molar-refractivity contribution in [3.05, 3.63) is 36.3 Å². The third kappa shape index (κ3) is 4.95. The smallest absolute Gasteiger partial charge is 0.241 e. The van der Waals surface area contributed by atoms with E-state index in [1.165, 1.54) is 0 Å². The SMILES string of the molecule is COCCNc1ncc2c(-c3ccnc(O[C@@H]4CCNC4)c3)cc([C@H]3CC[C@H](O)CC3)n2n1. The van der Waals surface area contributed by atoms with E-state index >= 15 is 0 Å². The first-order valence-electron chi connectivity index (χ1n) is 11.8. The van der Waals surface area contributed by atoms with Crippen LogP contribution in [0.2, 0.25) is 0 Å². The lowest BCUT2D eigenvalue weighted by molar-refractivity contribution is 0.121. The predicted octanol–water partition coefficient (Wildman–Crippen LogP) is 2.61. The molecule has 5 rings (SSSR count). The molecule has 1 aliphatic heterocycles. The number of aliphatic hydroxyl groups is 1. The highest BCUT2D eigenvalue weighted by Gasteiger charge is 2.26. The van der Waals surface area contributed by atoms with Gasteiger partial charge in [0.15, 0.2) is 0 Å². The Labute approximate surface area is 193 Å². The van der Waals surface area contributed by atoms with Gasteiger partial charge in [-0.3, -0.25) is 0 Å². The number of methoxy groups -OCH3 is 1. The monoisotopic (exact) mass is 452 g/mol. The molecule has 176 valence electrons. The highest BCUT2D eigenvalue weighted by molar-refractivity contribution is 5.81. The highest BCUT2D eigenvalue weighted by Crippen LogP contribution is 2.38. The molecule has 9 nitrogen and oxygen atoms in total. The summed E-state index contributed by atoms with van der Waals surface area (Å²) in [5.41, 5.74) is 4.21. The highest BCUT2D eigenvalue weighted by atomic mass is 16.5. The van der Waals surface area contributed by atoms with Crippen molar-refractivity contribution in [2.45, 2.75) is 50.2 Å². The molecule has 0 aromatic carbocycles. The van der Waals surface area contributed by atoms with Crippen molar-refractivity contribution in [1.29, 1.82) is 0 Å². The second kappa shape index (κ2) is 10.0. The number of anilines is 1. The lowest BCUT2D eigenvalue weighted by Gasteiger charge is -2.25. The summed E-state index contributed by atoms with van der Waals surface area (Å²) in [6, 6.07) is 6.24. The summed E-state index contributed by atoms with van der Waals surface area (Å²) in [7, 11) is 1.68. The Hall–Kier alpha value is -2.75. The van der Waals surface area contributed by atoms with Gasteiger partial charge in [0.05, 0.1) is 24.4 Å². The summed E-state index contributed by atoms with van der Waals surface area (Å²) < 4.78 is 13.2. The Morgan fingerprint density at radius 3 is 2.85 bits per heavy atom. The van der Waals surface area contributed by atoms with Crippen LogP contribution in [0.1, 0.15) is 43.7 Å². The van der Waals surface area contributed by atoms with Gasteiger partial charge >= 0.3 is 0 Å². The van der Waals surface area contributed by atoms with Crippen LogP contribution in [0, 0.1) is 0 Å². The summed E-state index contributed by atoms with van der Waals surface area (Å²) in [6.07, 6.45) is 8.16. The molecule has 0 amide bonds. The number of nitrogens with one attached hydrogen (secondary N) is 2. The number of hydrogen-bond acceptors (Lipinski definition) is 8. The van der Waals surface area contributed by atoms with Crippen LogP contribution in [0.5, 0.6) is 5.88 Å². The molecule has 1 atom stereocenters. The maximum absolute atomic E-state index is 10.0. The number of pyridine rings is 1. The number of aliphatic hydroxyl groups excluding tert-OH is 1. The minimum absolute atomic E-state index is 0.159. The molecule has 9 heteroatoms. The van der Waals surface area contributed by atoms with Crippen LogP contribution in [-0.4, -0.2) is 70.2 Å². The Morgan fingerprint density at radius 2 is 2.06 bits per heavy atom. The standard InChI is InChI=1S/C24H32N6O3/c1-32-11-10-27-24-28-15-22-20(13-21(30(22)29-24)16-2-4-18(31)5-3-16)17-6-9-26-23(12-17)33-19-7-8-25-14-19/h6,9,12-13,15-16,18-19,25,31H,2-5,7-8,10-11,14H2,1H3,(H,27,29)/t16-,18-,19-/m1/s1. The molecule has 3 N–H and O–H groups in total. The lowest BCUT2D eigenvalue weighted by Crippen LogP contribution is -2.20. The average Bonchev–Trinajstić information content (AvgIpc) is 3.48. The van der Waals surface area contributed by atoms with E-state index in [9.17, 15) is 5.11 Å². The van der Waals surface area contributed by atoms with E-state index in [4.69, 9.17) is 14.6 Å². The molecular weight excluding hydrogens is 420 g/mol. The second-order valence-electron chi connectivity index (χ2n) is 8.90. The first kappa shape index (κ1) is 22.1. The second-order valence-corrected chi connectivity index (χ2v) is 8.90. The molecule has 2 aliphatic rings. The van der Waals surface area contributed by atoms with Crippen molar-refractivity contribution in [3.8, 4) is 17.0 Å². The van der Waals surface area contributed by atoms with E-state index in [-0.39, 0.29) is 12.2 Å². The summed E-state index contributed by atoms with van der Waals surface area (Å²) in [6.45, 7) is 3.06. The maximum Gasteiger partial charge on any atom is 0.241 e. The Morgan fingerprint density at radius 1 is 1.18 bits per heavy atom. The Kier molecular flexibility index (Phi) is 6.70. The van der Waals surface area contributed by atoms with Gasteiger partial charge in [-0.15, -0.1) is 5.10 Å². The van der Waals surface area contributed by atoms with Crippen LogP contribution in [0.4, 0.5) is 5.95 Å². The Balaban J connectivity index is 1.50. The van der Waals surface area contributed by atoms with E-state index in [2.05, 4.69) is 26.7 Å². The fraction of sp³-hybridized carbons (Fsp3) is 0.542. The van der Waals surface area contributed by atoms with Crippen molar-refractivity contribution < 1.29 is 14.6 Å². The quantitative estimate of drug-likeness (QED) is 0.448. The topological polar surface area (TPSA) is 106 Å². The molecule has 0 bridgehead atoms. The number of nitrogens with zero attached hydrogens (tertiary/aromatic N) is 4. The normalized spacial score (nSPS) is 23.2. The molecule has 1 aliphatic carbocycles. The number of fused-ring (bicyclic) bond motifs is 1. The van der Waals surface area contributed by atoms with Crippen LogP contribution < -0.4 is 15.4 Å². The fourth-order valence-electron chi connectivity index (χ4n) is 4.80. The van der Waals surface area contributed by atoms with Crippen molar-refractivity contribution in [3.63, 3.8) is 0 Å². The van der Waals surface area contributed by atoms with Crippen molar-refractivity contribution in [2.24, 2.45) is 0 Å². The number of aromatic nitrogens is 4. The van der Waals surface area contributed by atoms with Gasteiger partial charge in [-0.05, 0) is 56.3 Å². The van der Waals surface area contributed by atoms with Crippen molar-refractivity contribution >= 4 is 11.5 Å². The molecular formula is C24H32N6O3. The molecule has 4 heterocycles. The maximum atomic E-state index is 10.0. The van der Waals surface area contributed by atoms with Gasteiger partial charge in [-0.25, -0.2) is 14.5 Å². The minimum Gasteiger partial charge on any atom is -0.473 e. The molecule has 33 heavy (non-hydrogen) atoms. The van der Waals surface area contributed by atoms with E-state index in [0.29, 0.717) is 30.9 Å². The number of rotatable bonds is 8.